The summed E-state index contributed by atoms with van der Waals surface area (Å²) < 4.78 is 0. The first kappa shape index (κ1) is 10.9. The lowest BCUT2D eigenvalue weighted by molar-refractivity contribution is 0.624. The van der Waals surface area contributed by atoms with Gasteiger partial charge in [0.25, 0.3) is 0 Å². The summed E-state index contributed by atoms with van der Waals surface area (Å²) in [6.45, 7) is 1.59. The lowest BCUT2D eigenvalue weighted by Crippen LogP contribution is -2.29. The number of anilines is 2. The SMILES string of the molecule is O=c1nc(Nc2ccncc2)c2c([nH]1)CCNC2. The van der Waals surface area contributed by atoms with E-state index in [9.17, 15) is 4.79 Å². The third-order valence-corrected chi connectivity index (χ3v) is 2.92. The smallest absolute Gasteiger partial charge is 0.340 e. The number of nitrogens with zero attached hydrogens (tertiary/aromatic N) is 2. The van der Waals surface area contributed by atoms with Crippen molar-refractivity contribution in [2.75, 3.05) is 11.9 Å². The quantitative estimate of drug-likeness (QED) is 0.717. The Morgan fingerprint density at radius 3 is 2.94 bits per heavy atom. The fourth-order valence-electron chi connectivity index (χ4n) is 2.05. The van der Waals surface area contributed by atoms with Gasteiger partial charge in [-0.1, -0.05) is 0 Å². The number of fused-ring (bicyclic) bond motifs is 1. The van der Waals surface area contributed by atoms with Gasteiger partial charge in [0.15, 0.2) is 0 Å². The minimum absolute atomic E-state index is 0.313. The molecule has 2 aromatic rings. The van der Waals surface area contributed by atoms with Crippen molar-refractivity contribution in [3.8, 4) is 0 Å². The first-order valence-corrected chi connectivity index (χ1v) is 5.83. The van der Waals surface area contributed by atoms with Crippen molar-refractivity contribution in [3.63, 3.8) is 0 Å². The molecule has 0 saturated carbocycles. The van der Waals surface area contributed by atoms with E-state index in [0.717, 1.165) is 29.9 Å². The fraction of sp³-hybridized carbons (Fsp3) is 0.250. The van der Waals surface area contributed by atoms with Crippen LogP contribution < -0.4 is 16.3 Å². The van der Waals surface area contributed by atoms with Gasteiger partial charge in [-0.25, -0.2) is 4.79 Å². The second-order valence-corrected chi connectivity index (χ2v) is 4.14. The van der Waals surface area contributed by atoms with Gasteiger partial charge in [-0.3, -0.25) is 4.98 Å². The predicted molar refractivity (Wildman–Crippen MR) is 67.8 cm³/mol. The molecule has 0 aromatic carbocycles. The number of aromatic nitrogens is 3. The number of pyridine rings is 1. The second-order valence-electron chi connectivity index (χ2n) is 4.14. The molecule has 0 aliphatic carbocycles. The molecule has 0 saturated heterocycles. The van der Waals surface area contributed by atoms with Crippen molar-refractivity contribution in [3.05, 3.63) is 46.3 Å². The first-order valence-electron chi connectivity index (χ1n) is 5.83. The average Bonchev–Trinajstić information content (AvgIpc) is 2.40. The Hall–Kier alpha value is -2.21. The average molecular weight is 243 g/mol. The first-order chi connectivity index (χ1) is 8.83. The van der Waals surface area contributed by atoms with Crippen LogP contribution in [0, 0.1) is 0 Å². The standard InChI is InChI=1S/C12H13N5O/c18-12-16-10-3-6-14-7-9(10)11(17-12)15-8-1-4-13-5-2-8/h1-2,4-5,14H,3,6-7H2,(H2,13,15,16,17,18). The number of aromatic amines is 1. The zero-order chi connectivity index (χ0) is 12.4. The highest BCUT2D eigenvalue weighted by molar-refractivity contribution is 5.59. The Balaban J connectivity index is 2.01. The zero-order valence-corrected chi connectivity index (χ0v) is 9.73. The van der Waals surface area contributed by atoms with E-state index in [1.54, 1.807) is 12.4 Å². The van der Waals surface area contributed by atoms with Gasteiger partial charge in [-0.05, 0) is 12.1 Å². The van der Waals surface area contributed by atoms with Gasteiger partial charge in [0.1, 0.15) is 5.82 Å². The Labute approximate surface area is 103 Å². The van der Waals surface area contributed by atoms with E-state index >= 15 is 0 Å². The van der Waals surface area contributed by atoms with Crippen LogP contribution in [0.25, 0.3) is 0 Å². The lowest BCUT2D eigenvalue weighted by Gasteiger charge is -2.19. The summed E-state index contributed by atoms with van der Waals surface area (Å²) in [7, 11) is 0. The summed E-state index contributed by atoms with van der Waals surface area (Å²) in [6, 6.07) is 3.68. The van der Waals surface area contributed by atoms with Crippen LogP contribution in [-0.2, 0) is 13.0 Å². The van der Waals surface area contributed by atoms with E-state index in [4.69, 9.17) is 0 Å². The third-order valence-electron chi connectivity index (χ3n) is 2.92. The number of hydrogen-bond donors (Lipinski definition) is 3. The van der Waals surface area contributed by atoms with Crippen molar-refractivity contribution in [1.29, 1.82) is 0 Å². The van der Waals surface area contributed by atoms with E-state index in [-0.39, 0.29) is 5.69 Å². The maximum absolute atomic E-state index is 11.5. The van der Waals surface area contributed by atoms with Crippen LogP contribution in [-0.4, -0.2) is 21.5 Å². The maximum Gasteiger partial charge on any atom is 0.347 e. The molecular weight excluding hydrogens is 230 g/mol. The number of H-pyrrole nitrogens is 1. The summed E-state index contributed by atoms with van der Waals surface area (Å²) >= 11 is 0. The van der Waals surface area contributed by atoms with E-state index < -0.39 is 0 Å². The molecule has 18 heavy (non-hydrogen) atoms. The van der Waals surface area contributed by atoms with Gasteiger partial charge in [-0.15, -0.1) is 0 Å². The van der Waals surface area contributed by atoms with E-state index in [2.05, 4.69) is 25.6 Å². The van der Waals surface area contributed by atoms with Gasteiger partial charge < -0.3 is 15.6 Å². The molecule has 0 amide bonds. The summed E-state index contributed by atoms with van der Waals surface area (Å²) in [6.07, 6.45) is 4.21. The van der Waals surface area contributed by atoms with Crippen molar-refractivity contribution in [2.24, 2.45) is 0 Å². The fourth-order valence-corrected chi connectivity index (χ4v) is 2.05. The van der Waals surface area contributed by atoms with Crippen LogP contribution in [0.2, 0.25) is 0 Å². The molecule has 2 aromatic heterocycles. The lowest BCUT2D eigenvalue weighted by atomic mass is 10.1. The van der Waals surface area contributed by atoms with Crippen molar-refractivity contribution < 1.29 is 0 Å². The van der Waals surface area contributed by atoms with Crippen molar-refractivity contribution >= 4 is 11.5 Å². The summed E-state index contributed by atoms with van der Waals surface area (Å²) in [5, 5.41) is 6.43. The molecule has 3 N–H and O–H groups in total. The zero-order valence-electron chi connectivity index (χ0n) is 9.73. The van der Waals surface area contributed by atoms with Crippen molar-refractivity contribution in [1.82, 2.24) is 20.3 Å². The summed E-state index contributed by atoms with van der Waals surface area (Å²) in [5.41, 5.74) is 2.55. The Bertz CT molecular complexity index is 608. The monoisotopic (exact) mass is 243 g/mol. The molecule has 0 spiro atoms. The minimum atomic E-state index is -0.313. The Morgan fingerprint density at radius 2 is 2.11 bits per heavy atom. The maximum atomic E-state index is 11.5. The normalized spacial score (nSPS) is 14.0. The van der Waals surface area contributed by atoms with Gasteiger partial charge in [0.2, 0.25) is 0 Å². The van der Waals surface area contributed by atoms with E-state index in [0.29, 0.717) is 12.4 Å². The van der Waals surface area contributed by atoms with Crippen LogP contribution in [0.3, 0.4) is 0 Å². The topological polar surface area (TPSA) is 82.7 Å². The number of rotatable bonds is 2. The van der Waals surface area contributed by atoms with Crippen LogP contribution >= 0.6 is 0 Å². The third kappa shape index (κ3) is 2.10. The largest absolute Gasteiger partial charge is 0.347 e. The molecule has 0 bridgehead atoms. The molecule has 0 radical (unpaired) electrons. The molecule has 1 aliphatic heterocycles. The number of nitrogens with one attached hydrogen (secondary N) is 3. The molecule has 0 atom stereocenters. The molecule has 3 rings (SSSR count). The summed E-state index contributed by atoms with van der Waals surface area (Å²) in [4.78, 5) is 22.3. The van der Waals surface area contributed by atoms with Gasteiger partial charge >= 0.3 is 5.69 Å². The predicted octanol–water partition coefficient (Wildman–Crippen LogP) is 0.554. The molecule has 6 heteroatoms. The molecule has 0 unspecified atom stereocenters. The van der Waals surface area contributed by atoms with Crippen LogP contribution in [0.1, 0.15) is 11.3 Å². The van der Waals surface area contributed by atoms with Gasteiger partial charge in [-0.2, -0.15) is 4.98 Å². The van der Waals surface area contributed by atoms with Crippen LogP contribution in [0.5, 0.6) is 0 Å². The highest BCUT2D eigenvalue weighted by Gasteiger charge is 2.15. The van der Waals surface area contributed by atoms with Crippen LogP contribution in [0.15, 0.2) is 29.3 Å². The van der Waals surface area contributed by atoms with Crippen LogP contribution in [0.4, 0.5) is 11.5 Å². The molecule has 6 nitrogen and oxygen atoms in total. The molecule has 3 heterocycles. The second kappa shape index (κ2) is 4.58. The van der Waals surface area contributed by atoms with Gasteiger partial charge in [0, 0.05) is 48.8 Å². The highest BCUT2D eigenvalue weighted by atomic mass is 16.1. The number of hydrogen-bond acceptors (Lipinski definition) is 5. The molecule has 1 aliphatic rings. The Morgan fingerprint density at radius 1 is 1.28 bits per heavy atom. The van der Waals surface area contributed by atoms with E-state index in [1.165, 1.54) is 0 Å². The van der Waals surface area contributed by atoms with Crippen molar-refractivity contribution in [2.45, 2.75) is 13.0 Å². The minimum Gasteiger partial charge on any atom is -0.340 e. The Kier molecular flexibility index (Phi) is 2.77. The van der Waals surface area contributed by atoms with E-state index in [1.807, 2.05) is 12.1 Å². The molecule has 92 valence electrons. The molecule has 0 fully saturated rings. The molecular formula is C12H13N5O. The summed E-state index contributed by atoms with van der Waals surface area (Å²) in [5.74, 6) is 0.618. The van der Waals surface area contributed by atoms with Gasteiger partial charge in [0.05, 0.1) is 0 Å². The highest BCUT2D eigenvalue weighted by Crippen LogP contribution is 2.20.